The number of benzene rings is 2. The lowest BCUT2D eigenvalue weighted by atomic mass is 10.1. The van der Waals surface area contributed by atoms with Crippen LogP contribution in [0, 0.1) is 6.92 Å². The molecular formula is C17H19NO2. The van der Waals surface area contributed by atoms with Gasteiger partial charge in [0.2, 0.25) is 0 Å². The molecule has 0 amide bonds. The van der Waals surface area contributed by atoms with Crippen LogP contribution < -0.4 is 4.90 Å². The summed E-state index contributed by atoms with van der Waals surface area (Å²) in [5.74, 6) is 0. The molecule has 1 fully saturated rings. The zero-order valence-corrected chi connectivity index (χ0v) is 11.6. The Bertz CT molecular complexity index is 570. The molecule has 20 heavy (non-hydrogen) atoms. The highest BCUT2D eigenvalue weighted by atomic mass is 16.5. The Morgan fingerprint density at radius 2 is 1.80 bits per heavy atom. The summed E-state index contributed by atoms with van der Waals surface area (Å²) in [5, 5.41) is 9.41. The van der Waals surface area contributed by atoms with E-state index in [-0.39, 0.29) is 18.9 Å². The van der Waals surface area contributed by atoms with E-state index >= 15 is 0 Å². The zero-order valence-electron chi connectivity index (χ0n) is 11.6. The molecule has 0 aromatic heterocycles. The predicted octanol–water partition coefficient (Wildman–Crippen LogP) is 2.89. The summed E-state index contributed by atoms with van der Waals surface area (Å²) in [5.41, 5.74) is 3.49. The molecule has 0 radical (unpaired) electrons. The number of hydrogen-bond donors (Lipinski definition) is 1. The lowest BCUT2D eigenvalue weighted by molar-refractivity contribution is 0.0145. The molecule has 1 aliphatic heterocycles. The van der Waals surface area contributed by atoms with Gasteiger partial charge in [-0.05, 0) is 24.6 Å². The number of aliphatic hydroxyl groups excluding tert-OH is 1. The van der Waals surface area contributed by atoms with Crippen molar-refractivity contribution in [1.29, 1.82) is 0 Å². The molecule has 2 atom stereocenters. The SMILES string of the molecule is Cc1ccccc1C1OC(CO)CN1c1ccccc1. The molecule has 3 heteroatoms. The number of aryl methyl sites for hydroxylation is 1. The van der Waals surface area contributed by atoms with Gasteiger partial charge < -0.3 is 14.7 Å². The first-order valence-electron chi connectivity index (χ1n) is 6.93. The van der Waals surface area contributed by atoms with Crippen molar-refractivity contribution < 1.29 is 9.84 Å². The quantitative estimate of drug-likeness (QED) is 0.930. The van der Waals surface area contributed by atoms with Crippen molar-refractivity contribution in [3.05, 3.63) is 65.7 Å². The molecular weight excluding hydrogens is 250 g/mol. The minimum atomic E-state index is -0.139. The molecule has 1 saturated heterocycles. The molecule has 0 bridgehead atoms. The molecule has 2 aromatic carbocycles. The summed E-state index contributed by atoms with van der Waals surface area (Å²) in [4.78, 5) is 2.21. The third-order valence-electron chi connectivity index (χ3n) is 3.75. The minimum Gasteiger partial charge on any atom is -0.394 e. The first-order valence-corrected chi connectivity index (χ1v) is 6.93. The fourth-order valence-corrected chi connectivity index (χ4v) is 2.68. The second-order valence-electron chi connectivity index (χ2n) is 5.14. The monoisotopic (exact) mass is 269 g/mol. The molecule has 3 rings (SSSR count). The summed E-state index contributed by atoms with van der Waals surface area (Å²) < 4.78 is 6.02. The fraction of sp³-hybridized carbons (Fsp3) is 0.294. The van der Waals surface area contributed by atoms with Crippen molar-refractivity contribution >= 4 is 5.69 Å². The maximum atomic E-state index is 9.41. The molecule has 0 aliphatic carbocycles. The van der Waals surface area contributed by atoms with Gasteiger partial charge in [-0.3, -0.25) is 0 Å². The van der Waals surface area contributed by atoms with E-state index in [1.165, 1.54) is 5.56 Å². The van der Waals surface area contributed by atoms with Gasteiger partial charge in [-0.25, -0.2) is 0 Å². The molecule has 3 nitrogen and oxygen atoms in total. The Labute approximate surface area is 119 Å². The van der Waals surface area contributed by atoms with Crippen molar-refractivity contribution in [1.82, 2.24) is 0 Å². The number of nitrogens with zero attached hydrogens (tertiary/aromatic N) is 1. The molecule has 1 heterocycles. The predicted molar refractivity (Wildman–Crippen MR) is 79.7 cm³/mol. The topological polar surface area (TPSA) is 32.7 Å². The van der Waals surface area contributed by atoms with Crippen LogP contribution in [0.2, 0.25) is 0 Å². The van der Waals surface area contributed by atoms with E-state index in [1.54, 1.807) is 0 Å². The van der Waals surface area contributed by atoms with Gasteiger partial charge in [0, 0.05) is 17.8 Å². The van der Waals surface area contributed by atoms with E-state index in [4.69, 9.17) is 4.74 Å². The van der Waals surface area contributed by atoms with Gasteiger partial charge in [0.1, 0.15) is 6.10 Å². The lowest BCUT2D eigenvalue weighted by Gasteiger charge is -2.26. The smallest absolute Gasteiger partial charge is 0.157 e. The summed E-state index contributed by atoms with van der Waals surface area (Å²) >= 11 is 0. The van der Waals surface area contributed by atoms with Crippen LogP contribution in [0.15, 0.2) is 54.6 Å². The van der Waals surface area contributed by atoms with Gasteiger partial charge in [0.15, 0.2) is 6.23 Å². The van der Waals surface area contributed by atoms with Gasteiger partial charge in [0.05, 0.1) is 6.61 Å². The normalized spacial score (nSPS) is 22.2. The van der Waals surface area contributed by atoms with Crippen LogP contribution in [0.5, 0.6) is 0 Å². The highest BCUT2D eigenvalue weighted by Gasteiger charge is 2.34. The Morgan fingerprint density at radius 3 is 2.50 bits per heavy atom. The van der Waals surface area contributed by atoms with Crippen LogP contribution in [0.1, 0.15) is 17.4 Å². The van der Waals surface area contributed by atoms with Crippen molar-refractivity contribution in [3.8, 4) is 0 Å². The lowest BCUT2D eigenvalue weighted by Crippen LogP contribution is -2.25. The summed E-state index contributed by atoms with van der Waals surface area (Å²) in [7, 11) is 0. The van der Waals surface area contributed by atoms with E-state index in [0.717, 1.165) is 11.3 Å². The average molecular weight is 269 g/mol. The zero-order chi connectivity index (χ0) is 13.9. The van der Waals surface area contributed by atoms with Crippen LogP contribution in [-0.2, 0) is 4.74 Å². The van der Waals surface area contributed by atoms with E-state index in [9.17, 15) is 5.11 Å². The number of para-hydroxylation sites is 1. The van der Waals surface area contributed by atoms with Gasteiger partial charge >= 0.3 is 0 Å². The second kappa shape index (κ2) is 5.65. The third-order valence-corrected chi connectivity index (χ3v) is 3.75. The van der Waals surface area contributed by atoms with Crippen molar-refractivity contribution in [3.63, 3.8) is 0 Å². The summed E-state index contributed by atoms with van der Waals surface area (Å²) in [6.45, 7) is 2.85. The molecule has 2 unspecified atom stereocenters. The largest absolute Gasteiger partial charge is 0.394 e. The van der Waals surface area contributed by atoms with Crippen molar-refractivity contribution in [2.45, 2.75) is 19.3 Å². The number of ether oxygens (including phenoxy) is 1. The highest BCUT2D eigenvalue weighted by Crippen LogP contribution is 2.35. The number of anilines is 1. The third kappa shape index (κ3) is 2.42. The molecule has 1 aliphatic rings. The Kier molecular flexibility index (Phi) is 3.72. The molecule has 104 valence electrons. The number of hydrogen-bond acceptors (Lipinski definition) is 3. The minimum absolute atomic E-state index is 0.0473. The van der Waals surface area contributed by atoms with Gasteiger partial charge in [-0.1, -0.05) is 42.5 Å². The van der Waals surface area contributed by atoms with Crippen molar-refractivity contribution in [2.24, 2.45) is 0 Å². The van der Waals surface area contributed by atoms with E-state index in [2.05, 4.69) is 36.1 Å². The average Bonchev–Trinajstić information content (AvgIpc) is 2.93. The van der Waals surface area contributed by atoms with E-state index < -0.39 is 0 Å². The first-order chi connectivity index (χ1) is 9.79. The van der Waals surface area contributed by atoms with Gasteiger partial charge in [-0.15, -0.1) is 0 Å². The maximum absolute atomic E-state index is 9.41. The molecule has 0 saturated carbocycles. The molecule has 0 spiro atoms. The Balaban J connectivity index is 1.97. The van der Waals surface area contributed by atoms with E-state index in [0.29, 0.717) is 6.54 Å². The summed E-state index contributed by atoms with van der Waals surface area (Å²) in [6, 6.07) is 18.5. The molecule has 2 aromatic rings. The Hall–Kier alpha value is -1.84. The molecule has 1 N–H and O–H groups in total. The van der Waals surface area contributed by atoms with Crippen LogP contribution in [-0.4, -0.2) is 24.4 Å². The van der Waals surface area contributed by atoms with Crippen LogP contribution in [0.25, 0.3) is 0 Å². The Morgan fingerprint density at radius 1 is 1.10 bits per heavy atom. The highest BCUT2D eigenvalue weighted by molar-refractivity contribution is 5.50. The van der Waals surface area contributed by atoms with Crippen LogP contribution in [0.4, 0.5) is 5.69 Å². The maximum Gasteiger partial charge on any atom is 0.157 e. The fourth-order valence-electron chi connectivity index (χ4n) is 2.68. The van der Waals surface area contributed by atoms with Crippen LogP contribution in [0.3, 0.4) is 0 Å². The second-order valence-corrected chi connectivity index (χ2v) is 5.14. The number of rotatable bonds is 3. The number of aliphatic hydroxyl groups is 1. The van der Waals surface area contributed by atoms with Gasteiger partial charge in [0.25, 0.3) is 0 Å². The van der Waals surface area contributed by atoms with Crippen molar-refractivity contribution in [2.75, 3.05) is 18.1 Å². The van der Waals surface area contributed by atoms with E-state index in [1.807, 2.05) is 30.3 Å². The van der Waals surface area contributed by atoms with Gasteiger partial charge in [-0.2, -0.15) is 0 Å². The summed E-state index contributed by atoms with van der Waals surface area (Å²) in [6.07, 6.45) is -0.268. The van der Waals surface area contributed by atoms with Crippen LogP contribution >= 0.6 is 0 Å². The first kappa shape index (κ1) is 13.2. The standard InChI is InChI=1S/C17H19NO2/c1-13-7-5-6-10-16(13)17-18(11-15(12-19)20-17)14-8-3-2-4-9-14/h2-10,15,17,19H,11-12H2,1H3.